The Labute approximate surface area is 95.5 Å². The average molecular weight is 226 g/mol. The van der Waals surface area contributed by atoms with Crippen LogP contribution in [0, 0.1) is 18.2 Å². The number of rotatable bonds is 2. The predicted molar refractivity (Wildman–Crippen MR) is 61.5 cm³/mol. The molecule has 1 nitrogen and oxygen atoms in total. The fourth-order valence-corrected chi connectivity index (χ4v) is 2.00. The van der Waals surface area contributed by atoms with Crippen molar-refractivity contribution < 1.29 is 4.39 Å². The largest absolute Gasteiger partial charge is 0.299 e. The van der Waals surface area contributed by atoms with Gasteiger partial charge in [-0.1, -0.05) is 18.1 Å². The number of terminal acetylenes is 1. The van der Waals surface area contributed by atoms with E-state index in [2.05, 4.69) is 11.2 Å². The van der Waals surface area contributed by atoms with Gasteiger partial charge in [0, 0.05) is 6.04 Å². The lowest BCUT2D eigenvalue weighted by molar-refractivity contribution is 0.568. The SMILES string of the molecule is C#CCNC1CCc2c(F)cccc21.Cl. The van der Waals surface area contributed by atoms with Crippen LogP contribution in [0.2, 0.25) is 0 Å². The smallest absolute Gasteiger partial charge is 0.126 e. The maximum absolute atomic E-state index is 13.3. The second kappa shape index (κ2) is 5.16. The minimum atomic E-state index is -0.0903. The summed E-state index contributed by atoms with van der Waals surface area (Å²) in [5, 5.41) is 3.21. The summed E-state index contributed by atoms with van der Waals surface area (Å²) in [5.74, 6) is 2.44. The number of nitrogens with one attached hydrogen (secondary N) is 1. The summed E-state index contributed by atoms with van der Waals surface area (Å²) in [5.41, 5.74) is 1.92. The molecular formula is C12H13ClFN. The highest BCUT2D eigenvalue weighted by molar-refractivity contribution is 5.85. The Morgan fingerprint density at radius 3 is 3.07 bits per heavy atom. The molecule has 0 radical (unpaired) electrons. The molecule has 0 bridgehead atoms. The van der Waals surface area contributed by atoms with Gasteiger partial charge in [-0.2, -0.15) is 0 Å². The molecule has 80 valence electrons. The Hall–Kier alpha value is -1.04. The van der Waals surface area contributed by atoms with Crippen LogP contribution in [-0.4, -0.2) is 6.54 Å². The number of halogens is 2. The van der Waals surface area contributed by atoms with Gasteiger partial charge in [0.2, 0.25) is 0 Å². The van der Waals surface area contributed by atoms with Gasteiger partial charge < -0.3 is 0 Å². The Balaban J connectivity index is 0.00000112. The molecule has 1 aliphatic carbocycles. The zero-order chi connectivity index (χ0) is 9.97. The molecule has 1 atom stereocenters. The maximum Gasteiger partial charge on any atom is 0.126 e. The molecular weight excluding hydrogens is 213 g/mol. The molecule has 15 heavy (non-hydrogen) atoms. The minimum Gasteiger partial charge on any atom is -0.299 e. The van der Waals surface area contributed by atoms with Gasteiger partial charge >= 0.3 is 0 Å². The number of benzene rings is 1. The van der Waals surface area contributed by atoms with E-state index in [9.17, 15) is 4.39 Å². The lowest BCUT2D eigenvalue weighted by Gasteiger charge is -2.11. The summed E-state index contributed by atoms with van der Waals surface area (Å²) in [6.45, 7) is 0.542. The van der Waals surface area contributed by atoms with Crippen LogP contribution in [0.25, 0.3) is 0 Å². The molecule has 1 aliphatic rings. The van der Waals surface area contributed by atoms with Crippen molar-refractivity contribution in [3.05, 3.63) is 35.1 Å². The summed E-state index contributed by atoms with van der Waals surface area (Å²) in [6, 6.07) is 5.48. The molecule has 0 spiro atoms. The topological polar surface area (TPSA) is 12.0 Å². The fourth-order valence-electron chi connectivity index (χ4n) is 2.00. The lowest BCUT2D eigenvalue weighted by Crippen LogP contribution is -2.19. The monoisotopic (exact) mass is 225 g/mol. The van der Waals surface area contributed by atoms with Crippen molar-refractivity contribution in [3.63, 3.8) is 0 Å². The van der Waals surface area contributed by atoms with E-state index in [-0.39, 0.29) is 24.3 Å². The number of hydrogen-bond acceptors (Lipinski definition) is 1. The van der Waals surface area contributed by atoms with Crippen LogP contribution >= 0.6 is 12.4 Å². The van der Waals surface area contributed by atoms with Gasteiger partial charge in [-0.25, -0.2) is 4.39 Å². The normalized spacial score (nSPS) is 17.7. The third-order valence-corrected chi connectivity index (χ3v) is 2.66. The first kappa shape index (κ1) is 12.0. The van der Waals surface area contributed by atoms with Gasteiger partial charge in [-0.15, -0.1) is 18.8 Å². The van der Waals surface area contributed by atoms with E-state index < -0.39 is 0 Å². The van der Waals surface area contributed by atoms with E-state index in [4.69, 9.17) is 6.42 Å². The van der Waals surface area contributed by atoms with Crippen LogP contribution < -0.4 is 5.32 Å². The van der Waals surface area contributed by atoms with Gasteiger partial charge in [-0.05, 0) is 30.0 Å². The van der Waals surface area contributed by atoms with Crippen LogP contribution in [0.1, 0.15) is 23.6 Å². The van der Waals surface area contributed by atoms with Crippen molar-refractivity contribution in [3.8, 4) is 12.3 Å². The zero-order valence-corrected chi connectivity index (χ0v) is 9.11. The van der Waals surface area contributed by atoms with Crippen LogP contribution in [0.15, 0.2) is 18.2 Å². The number of fused-ring (bicyclic) bond motifs is 1. The maximum atomic E-state index is 13.3. The van der Waals surface area contributed by atoms with Crippen molar-refractivity contribution in [2.45, 2.75) is 18.9 Å². The van der Waals surface area contributed by atoms with E-state index in [0.717, 1.165) is 24.0 Å². The second-order valence-corrected chi connectivity index (χ2v) is 3.48. The van der Waals surface area contributed by atoms with Crippen molar-refractivity contribution in [2.75, 3.05) is 6.54 Å². The van der Waals surface area contributed by atoms with Gasteiger partial charge in [-0.3, -0.25) is 5.32 Å². The van der Waals surface area contributed by atoms with Gasteiger partial charge in [0.05, 0.1) is 6.54 Å². The average Bonchev–Trinajstić information content (AvgIpc) is 2.60. The van der Waals surface area contributed by atoms with Crippen LogP contribution in [-0.2, 0) is 6.42 Å². The quantitative estimate of drug-likeness (QED) is 0.763. The predicted octanol–water partition coefficient (Wildman–Crippen LogP) is 2.46. The molecule has 2 rings (SSSR count). The molecule has 0 heterocycles. The zero-order valence-electron chi connectivity index (χ0n) is 8.29. The van der Waals surface area contributed by atoms with Crippen molar-refractivity contribution in [2.24, 2.45) is 0 Å². The van der Waals surface area contributed by atoms with E-state index in [1.807, 2.05) is 6.07 Å². The van der Waals surface area contributed by atoms with Crippen molar-refractivity contribution in [1.29, 1.82) is 0 Å². The first-order valence-electron chi connectivity index (χ1n) is 4.77. The molecule has 0 aliphatic heterocycles. The standard InChI is InChI=1S/C12H12FN.ClH/c1-2-8-14-12-7-6-9-10(12)4-3-5-11(9)13;/h1,3-5,12,14H,6-8H2;1H. The lowest BCUT2D eigenvalue weighted by atomic mass is 10.1. The molecule has 3 heteroatoms. The second-order valence-electron chi connectivity index (χ2n) is 3.48. The van der Waals surface area contributed by atoms with Crippen LogP contribution in [0.5, 0.6) is 0 Å². The molecule has 0 fully saturated rings. The van der Waals surface area contributed by atoms with Gasteiger partial charge in [0.1, 0.15) is 5.82 Å². The Kier molecular flexibility index (Phi) is 4.14. The molecule has 1 aromatic rings. The molecule has 0 saturated carbocycles. The highest BCUT2D eigenvalue weighted by atomic mass is 35.5. The molecule has 1 aromatic carbocycles. The Morgan fingerprint density at radius 2 is 2.33 bits per heavy atom. The summed E-state index contributed by atoms with van der Waals surface area (Å²) in [4.78, 5) is 0. The summed E-state index contributed by atoms with van der Waals surface area (Å²) >= 11 is 0. The number of hydrogen-bond donors (Lipinski definition) is 1. The van der Waals surface area contributed by atoms with Crippen LogP contribution in [0.4, 0.5) is 4.39 Å². The highest BCUT2D eigenvalue weighted by Gasteiger charge is 2.23. The van der Waals surface area contributed by atoms with E-state index in [1.54, 1.807) is 6.07 Å². The minimum absolute atomic E-state index is 0. The Bertz CT molecular complexity index is 384. The molecule has 1 N–H and O–H groups in total. The third-order valence-electron chi connectivity index (χ3n) is 2.66. The van der Waals surface area contributed by atoms with Gasteiger partial charge in [0.25, 0.3) is 0 Å². The first-order chi connectivity index (χ1) is 6.83. The summed E-state index contributed by atoms with van der Waals surface area (Å²) in [6.07, 6.45) is 6.92. The fraction of sp³-hybridized carbons (Fsp3) is 0.333. The summed E-state index contributed by atoms with van der Waals surface area (Å²) < 4.78 is 13.3. The van der Waals surface area contributed by atoms with Gasteiger partial charge in [0.15, 0.2) is 0 Å². The van der Waals surface area contributed by atoms with E-state index in [1.165, 1.54) is 6.07 Å². The molecule has 0 saturated heterocycles. The molecule has 1 unspecified atom stereocenters. The third kappa shape index (κ3) is 2.31. The first-order valence-corrected chi connectivity index (χ1v) is 4.77. The Morgan fingerprint density at radius 1 is 1.53 bits per heavy atom. The van der Waals surface area contributed by atoms with E-state index >= 15 is 0 Å². The van der Waals surface area contributed by atoms with Crippen molar-refractivity contribution >= 4 is 12.4 Å². The highest BCUT2D eigenvalue weighted by Crippen LogP contribution is 2.32. The van der Waals surface area contributed by atoms with Crippen LogP contribution in [0.3, 0.4) is 0 Å². The van der Waals surface area contributed by atoms with E-state index in [0.29, 0.717) is 6.54 Å². The molecule has 0 amide bonds. The molecule has 0 aromatic heterocycles. The summed E-state index contributed by atoms with van der Waals surface area (Å²) in [7, 11) is 0. The van der Waals surface area contributed by atoms with Crippen molar-refractivity contribution in [1.82, 2.24) is 5.32 Å².